The number of guanidine groups is 1. The van der Waals surface area contributed by atoms with Gasteiger partial charge < -0.3 is 54.8 Å². The third kappa shape index (κ3) is 17.5. The summed E-state index contributed by atoms with van der Waals surface area (Å²) in [5, 5.41) is 25.0. The van der Waals surface area contributed by atoms with Crippen LogP contribution >= 0.6 is 0 Å². The molecule has 15 N–H and O–H groups in total. The molecule has 16 heteroatoms. The van der Waals surface area contributed by atoms with Crippen molar-refractivity contribution in [2.75, 3.05) is 13.1 Å². The minimum absolute atomic E-state index is 0.0797. The summed E-state index contributed by atoms with van der Waals surface area (Å²) < 4.78 is 0. The zero-order valence-corrected chi connectivity index (χ0v) is 27.1. The fraction of sp³-hybridized carbons (Fsp3) is 0.438. The van der Waals surface area contributed by atoms with Crippen molar-refractivity contribution in [3.05, 3.63) is 65.7 Å². The lowest BCUT2D eigenvalue weighted by Crippen LogP contribution is -2.58. The van der Waals surface area contributed by atoms with Crippen LogP contribution in [0.15, 0.2) is 59.6 Å². The van der Waals surface area contributed by atoms with Crippen molar-refractivity contribution in [3.8, 4) is 5.75 Å². The summed E-state index contributed by atoms with van der Waals surface area (Å²) in [5.74, 6) is -3.38. The van der Waals surface area contributed by atoms with E-state index in [1.807, 2.05) is 6.07 Å². The number of benzene rings is 2. The second kappa shape index (κ2) is 22.3. The highest BCUT2D eigenvalue weighted by molar-refractivity contribution is 5.94. The summed E-state index contributed by atoms with van der Waals surface area (Å²) in [5.41, 5.74) is 29.5. The van der Waals surface area contributed by atoms with Crippen LogP contribution in [0, 0.1) is 0 Å². The van der Waals surface area contributed by atoms with Crippen molar-refractivity contribution in [1.82, 2.24) is 16.0 Å². The molecule has 4 atom stereocenters. The highest BCUT2D eigenvalue weighted by atomic mass is 16.4. The van der Waals surface area contributed by atoms with E-state index in [4.69, 9.17) is 38.6 Å². The number of unbranched alkanes of at least 4 members (excludes halogenated alkanes) is 1. The Morgan fingerprint density at radius 1 is 0.729 bits per heavy atom. The van der Waals surface area contributed by atoms with Gasteiger partial charge in [0, 0.05) is 19.9 Å². The van der Waals surface area contributed by atoms with Crippen molar-refractivity contribution >= 4 is 35.6 Å². The van der Waals surface area contributed by atoms with Crippen LogP contribution in [-0.4, -0.2) is 83.0 Å². The number of carbonyl (C=O) groups is 5. The number of nitrogens with two attached hydrogens (primary N) is 5. The average molecular weight is 672 g/mol. The zero-order valence-electron chi connectivity index (χ0n) is 27.1. The maximum atomic E-state index is 13.6. The highest BCUT2D eigenvalue weighted by Crippen LogP contribution is 2.12. The van der Waals surface area contributed by atoms with Gasteiger partial charge in [0.25, 0.3) is 5.97 Å². The number of amides is 4. The lowest BCUT2D eigenvalue weighted by molar-refractivity contribution is -0.134. The SMILES string of the molecule is CC(=O)O.NCCCC[C@H](NC(=O)[C@H](Cc1ccccc1)NC(=O)[C@@H](CCCN=C(N)N)NC(=O)[C@@H](N)Cc1ccc(O)cc1)C(N)=O. The molecule has 0 fully saturated rings. The van der Waals surface area contributed by atoms with E-state index in [0.29, 0.717) is 37.8 Å². The number of aliphatic imine (C=N–C) groups is 1. The number of hydrogen-bond acceptors (Lipinski definition) is 9. The quantitative estimate of drug-likeness (QED) is 0.0476. The fourth-order valence-electron chi connectivity index (χ4n) is 4.41. The van der Waals surface area contributed by atoms with Crippen LogP contribution in [-0.2, 0) is 36.8 Å². The monoisotopic (exact) mass is 671 g/mol. The summed E-state index contributed by atoms with van der Waals surface area (Å²) in [4.78, 5) is 65.0. The Kier molecular flexibility index (Phi) is 19.0. The molecule has 16 nitrogen and oxygen atoms in total. The van der Waals surface area contributed by atoms with E-state index in [0.717, 1.165) is 12.5 Å². The molecule has 48 heavy (non-hydrogen) atoms. The third-order valence-corrected chi connectivity index (χ3v) is 6.83. The summed E-state index contributed by atoms with van der Waals surface area (Å²) in [6, 6.07) is 11.2. The number of nitrogens with one attached hydrogen (secondary N) is 3. The Labute approximate surface area is 279 Å². The first-order valence-corrected chi connectivity index (χ1v) is 15.5. The van der Waals surface area contributed by atoms with Gasteiger partial charge in [0.2, 0.25) is 23.6 Å². The molecule has 0 aliphatic heterocycles. The highest BCUT2D eigenvalue weighted by Gasteiger charge is 2.30. The van der Waals surface area contributed by atoms with E-state index in [1.54, 1.807) is 36.4 Å². The Morgan fingerprint density at radius 2 is 1.25 bits per heavy atom. The van der Waals surface area contributed by atoms with E-state index in [1.165, 1.54) is 12.1 Å². The van der Waals surface area contributed by atoms with Crippen LogP contribution in [0.3, 0.4) is 0 Å². The smallest absolute Gasteiger partial charge is 0.300 e. The first kappa shape index (κ1) is 40.8. The van der Waals surface area contributed by atoms with Crippen LogP contribution in [0.1, 0.15) is 50.2 Å². The van der Waals surface area contributed by atoms with Gasteiger partial charge >= 0.3 is 0 Å². The van der Waals surface area contributed by atoms with Gasteiger partial charge in [-0.25, -0.2) is 0 Å². The molecule has 0 unspecified atom stereocenters. The predicted molar refractivity (Wildman–Crippen MR) is 181 cm³/mol. The number of phenolic OH excluding ortho intramolecular Hbond substituents is 1. The molecule has 2 rings (SSSR count). The van der Waals surface area contributed by atoms with Crippen LogP contribution < -0.4 is 44.6 Å². The van der Waals surface area contributed by atoms with Crippen LogP contribution in [0.2, 0.25) is 0 Å². The molecule has 0 saturated heterocycles. The molecule has 4 amide bonds. The van der Waals surface area contributed by atoms with Crippen molar-refractivity contribution in [2.24, 2.45) is 33.7 Å². The van der Waals surface area contributed by atoms with Crippen LogP contribution in [0.5, 0.6) is 5.75 Å². The second-order valence-electron chi connectivity index (χ2n) is 11.0. The minimum Gasteiger partial charge on any atom is -0.508 e. The van der Waals surface area contributed by atoms with Gasteiger partial charge in [-0.2, -0.15) is 0 Å². The molecule has 0 aliphatic carbocycles. The molecule has 0 heterocycles. The lowest BCUT2D eigenvalue weighted by atomic mass is 10.0. The molecule has 2 aromatic carbocycles. The topological polar surface area (TPSA) is 304 Å². The molecule has 0 aromatic heterocycles. The van der Waals surface area contributed by atoms with E-state index in [9.17, 15) is 24.3 Å². The van der Waals surface area contributed by atoms with E-state index in [-0.39, 0.29) is 37.5 Å². The zero-order chi connectivity index (χ0) is 36.1. The van der Waals surface area contributed by atoms with Crippen LogP contribution in [0.4, 0.5) is 0 Å². The number of carboxylic acid groups (broad SMARTS) is 1. The number of aliphatic carboxylic acids is 1. The van der Waals surface area contributed by atoms with Crippen molar-refractivity contribution in [2.45, 2.75) is 76.0 Å². The standard InChI is InChI=1S/C30H45N9O5.C2H4O2/c31-15-5-4-9-23(26(33)41)37-29(44)25(18-19-7-2-1-3-8-19)39-28(43)24(10-6-16-36-30(34)35)38-27(42)22(32)17-20-11-13-21(40)14-12-20;1-2(3)4/h1-3,7-8,11-14,22-25,40H,4-6,9-10,15-18,31-32H2,(H2,33,41)(H,37,44)(H,38,42)(H,39,43)(H4,34,35,36);1H3,(H,3,4)/t22-,23-,24+,25-;/m0./s1. The number of rotatable bonds is 19. The van der Waals surface area contributed by atoms with Gasteiger partial charge in [-0.3, -0.25) is 29.0 Å². The van der Waals surface area contributed by atoms with Crippen molar-refractivity contribution < 1.29 is 34.2 Å². The molecule has 0 aliphatic rings. The lowest BCUT2D eigenvalue weighted by Gasteiger charge is -2.25. The minimum atomic E-state index is -1.09. The molecule has 264 valence electrons. The molecular formula is C32H49N9O7. The van der Waals surface area contributed by atoms with Gasteiger partial charge in [-0.1, -0.05) is 42.5 Å². The van der Waals surface area contributed by atoms with E-state index in [2.05, 4.69) is 20.9 Å². The van der Waals surface area contributed by atoms with Crippen LogP contribution in [0.25, 0.3) is 0 Å². The predicted octanol–water partition coefficient (Wildman–Crippen LogP) is -1.28. The maximum absolute atomic E-state index is 13.6. The van der Waals surface area contributed by atoms with Crippen molar-refractivity contribution in [3.63, 3.8) is 0 Å². The summed E-state index contributed by atoms with van der Waals surface area (Å²) in [6.45, 7) is 1.72. The Morgan fingerprint density at radius 3 is 1.81 bits per heavy atom. The number of nitrogens with zero attached hydrogens (tertiary/aromatic N) is 1. The fourth-order valence-corrected chi connectivity index (χ4v) is 4.41. The number of phenols is 1. The van der Waals surface area contributed by atoms with E-state index < -0.39 is 53.8 Å². The Bertz CT molecular complexity index is 1330. The normalized spacial score (nSPS) is 12.9. The van der Waals surface area contributed by atoms with Gasteiger partial charge in [-0.15, -0.1) is 0 Å². The van der Waals surface area contributed by atoms with Gasteiger partial charge in [0.1, 0.15) is 23.9 Å². The first-order valence-electron chi connectivity index (χ1n) is 15.5. The second-order valence-corrected chi connectivity index (χ2v) is 11.0. The number of carbonyl (C=O) groups excluding carboxylic acids is 4. The largest absolute Gasteiger partial charge is 0.508 e. The molecule has 0 radical (unpaired) electrons. The first-order chi connectivity index (χ1) is 22.7. The summed E-state index contributed by atoms with van der Waals surface area (Å²) in [7, 11) is 0. The molecule has 2 aromatic rings. The summed E-state index contributed by atoms with van der Waals surface area (Å²) in [6.07, 6.45) is 2.28. The van der Waals surface area contributed by atoms with Gasteiger partial charge in [0.05, 0.1) is 6.04 Å². The van der Waals surface area contributed by atoms with Crippen molar-refractivity contribution in [1.29, 1.82) is 0 Å². The molecule has 0 spiro atoms. The number of hydrogen-bond donors (Lipinski definition) is 10. The average Bonchev–Trinajstić information content (AvgIpc) is 3.02. The molecular weight excluding hydrogens is 622 g/mol. The van der Waals surface area contributed by atoms with Gasteiger partial charge in [0.15, 0.2) is 5.96 Å². The molecule has 0 bridgehead atoms. The Balaban J connectivity index is 0.00000272. The van der Waals surface area contributed by atoms with E-state index >= 15 is 0 Å². The summed E-state index contributed by atoms with van der Waals surface area (Å²) >= 11 is 0. The van der Waals surface area contributed by atoms with Gasteiger partial charge in [-0.05, 0) is 68.3 Å². The Hall–Kier alpha value is -5.22. The third-order valence-electron chi connectivity index (χ3n) is 6.83. The number of carboxylic acids is 1. The number of primary amides is 1. The molecule has 0 saturated carbocycles. The maximum Gasteiger partial charge on any atom is 0.300 e. The number of aromatic hydroxyl groups is 1.